The molecule has 0 saturated heterocycles. The molecule has 0 aromatic heterocycles. The van der Waals surface area contributed by atoms with Crippen LogP contribution in [0.15, 0.2) is 0 Å². The maximum atomic E-state index is 10.6. The molecule has 9 nitrogen and oxygen atoms in total. The summed E-state index contributed by atoms with van der Waals surface area (Å²) >= 11 is 0. The lowest BCUT2D eigenvalue weighted by Gasteiger charge is -2.38. The first-order valence-electron chi connectivity index (χ1n) is 3.46. The summed E-state index contributed by atoms with van der Waals surface area (Å²) < 4.78 is 28.8. The molecule has 0 saturated carbocycles. The number of quaternary nitrogens is 2. The van der Waals surface area contributed by atoms with E-state index in [1.165, 1.54) is 0 Å². The van der Waals surface area contributed by atoms with Gasteiger partial charge >= 0.3 is 15.2 Å². The number of carbonyl (C=O) groups excluding carboxylic acids is 1. The third kappa shape index (κ3) is 3.09. The summed E-state index contributed by atoms with van der Waals surface area (Å²) in [5, 5.41) is 24.3. The third-order valence-corrected chi connectivity index (χ3v) is 2.97. The minimum atomic E-state index is -5.16. The molecule has 15 heavy (non-hydrogen) atoms. The summed E-state index contributed by atoms with van der Waals surface area (Å²) in [7, 11) is -1.90. The summed E-state index contributed by atoms with van der Waals surface area (Å²) in [5.41, 5.74) is 0. The van der Waals surface area contributed by atoms with Gasteiger partial charge in [0.05, 0.1) is 21.1 Å². The van der Waals surface area contributed by atoms with Gasteiger partial charge in [-0.3, -0.25) is 9.04 Å². The highest BCUT2D eigenvalue weighted by molar-refractivity contribution is 7.87. The number of carbonyl (C=O) groups is 1. The van der Waals surface area contributed by atoms with Gasteiger partial charge in [-0.15, -0.1) is 0 Å². The van der Waals surface area contributed by atoms with E-state index in [0.717, 1.165) is 21.1 Å². The van der Waals surface area contributed by atoms with Crippen molar-refractivity contribution < 1.29 is 38.4 Å². The van der Waals surface area contributed by atoms with Crippen LogP contribution in [-0.2, 0) is 14.9 Å². The molecule has 0 fully saturated rings. The smallest absolute Gasteiger partial charge is 0.370 e. The van der Waals surface area contributed by atoms with E-state index in [9.17, 15) is 23.4 Å². The molecule has 0 aliphatic heterocycles. The zero-order valence-corrected chi connectivity index (χ0v) is 9.31. The fourth-order valence-electron chi connectivity index (χ4n) is 0.725. The summed E-state index contributed by atoms with van der Waals surface area (Å²) in [6.07, 6.45) is 0. The van der Waals surface area contributed by atoms with Crippen molar-refractivity contribution in [2.75, 3.05) is 21.1 Å². The van der Waals surface area contributed by atoms with Crippen molar-refractivity contribution in [3.63, 3.8) is 0 Å². The highest BCUT2D eigenvalue weighted by Crippen LogP contribution is 2.20. The molecule has 0 heterocycles. The van der Waals surface area contributed by atoms with Gasteiger partial charge in [-0.2, -0.15) is 8.42 Å². The average Bonchev–Trinajstić information content (AvgIpc) is 2.02. The molecule has 0 rings (SSSR count). The van der Waals surface area contributed by atoms with Crippen molar-refractivity contribution in [1.82, 2.24) is 0 Å². The van der Waals surface area contributed by atoms with Crippen molar-refractivity contribution >= 4 is 16.1 Å². The second kappa shape index (κ2) is 4.83. The van der Waals surface area contributed by atoms with E-state index in [-0.39, 0.29) is 0 Å². The first kappa shape index (κ1) is 16.6. The van der Waals surface area contributed by atoms with Crippen LogP contribution in [0.25, 0.3) is 0 Å². The highest BCUT2D eigenvalue weighted by Gasteiger charge is 2.55. The lowest BCUT2D eigenvalue weighted by atomic mass is 10.4. The van der Waals surface area contributed by atoms with Gasteiger partial charge in [0.1, 0.15) is 0 Å². The predicted octanol–water partition coefficient (Wildman–Crippen LogP) is -4.30. The van der Waals surface area contributed by atoms with Crippen LogP contribution < -0.4 is 11.0 Å². The standard InChI is InChI=1S/C5H11NO6S.H3NO/c1-6(2,3)5(9,4(7)8)13(10,11)12;1-2/h9H,1-3H3,(H-,7,8,10,11,12);1H3. The lowest BCUT2D eigenvalue weighted by Crippen LogP contribution is -2.69. The SMILES string of the molecule is C[N+](C)(C)C(O)(C(=O)[O-])S(=O)(=O)O.[NH3+][O-]. The molecule has 0 aliphatic carbocycles. The quantitative estimate of drug-likeness (QED) is 0.196. The van der Waals surface area contributed by atoms with Crippen LogP contribution in [0.5, 0.6) is 0 Å². The van der Waals surface area contributed by atoms with E-state index >= 15 is 0 Å². The largest absolute Gasteiger partial charge is 0.637 e. The molecule has 92 valence electrons. The molecular weight excluding hydrogens is 232 g/mol. The second-order valence-electron chi connectivity index (χ2n) is 3.38. The van der Waals surface area contributed by atoms with Gasteiger partial charge in [-0.25, -0.2) is 0 Å². The van der Waals surface area contributed by atoms with E-state index in [1.807, 2.05) is 5.90 Å². The van der Waals surface area contributed by atoms with E-state index in [2.05, 4.69) is 0 Å². The zero-order chi connectivity index (χ0) is 13.1. The average molecular weight is 246 g/mol. The van der Waals surface area contributed by atoms with Crippen molar-refractivity contribution in [3.05, 3.63) is 5.21 Å². The Bertz CT molecular complexity index is 319. The summed E-state index contributed by atoms with van der Waals surface area (Å²) in [6, 6.07) is 0. The molecule has 0 spiro atoms. The fourth-order valence-corrected chi connectivity index (χ4v) is 1.63. The number of aliphatic hydroxyl groups is 1. The van der Waals surface area contributed by atoms with Crippen LogP contribution in [0.4, 0.5) is 0 Å². The second-order valence-corrected chi connectivity index (χ2v) is 4.90. The van der Waals surface area contributed by atoms with Gasteiger partial charge in [0.25, 0.3) is 0 Å². The Morgan fingerprint density at radius 1 is 1.33 bits per heavy atom. The highest BCUT2D eigenvalue weighted by atomic mass is 32.2. The summed E-state index contributed by atoms with van der Waals surface area (Å²) in [4.78, 5) is 10.4. The number of carboxylic acid groups (broad SMARTS) is 1. The van der Waals surface area contributed by atoms with Crippen molar-refractivity contribution in [2.24, 2.45) is 0 Å². The molecule has 0 aromatic carbocycles. The molecule has 0 aliphatic rings. The third-order valence-electron chi connectivity index (χ3n) is 1.53. The number of rotatable bonds is 3. The molecule has 1 unspecified atom stereocenters. The maximum Gasteiger partial charge on any atom is 0.370 e. The van der Waals surface area contributed by atoms with Crippen molar-refractivity contribution in [3.8, 4) is 0 Å². The molecule has 0 amide bonds. The number of carboxylic acids is 1. The van der Waals surface area contributed by atoms with Crippen molar-refractivity contribution in [1.29, 1.82) is 0 Å². The molecule has 10 heteroatoms. The number of aliphatic carboxylic acids is 1. The lowest BCUT2D eigenvalue weighted by molar-refractivity contribution is -0.923. The van der Waals surface area contributed by atoms with Gasteiger partial charge in [0.15, 0.2) is 5.97 Å². The van der Waals surface area contributed by atoms with Crippen molar-refractivity contribution in [2.45, 2.75) is 5.06 Å². The molecule has 0 radical (unpaired) electrons. The zero-order valence-electron chi connectivity index (χ0n) is 8.50. The minimum Gasteiger partial charge on any atom is -0.637 e. The summed E-state index contributed by atoms with van der Waals surface area (Å²) in [5.74, 6) is -0.275. The van der Waals surface area contributed by atoms with Gasteiger partial charge < -0.3 is 26.1 Å². The van der Waals surface area contributed by atoms with Crippen LogP contribution in [-0.4, -0.2) is 54.7 Å². The summed E-state index contributed by atoms with van der Waals surface area (Å²) in [6.45, 7) is 0. The Labute approximate surface area is 86.6 Å². The number of hydrogen-bond acceptors (Lipinski definition) is 6. The number of likely N-dealkylation sites (N-methyl/N-ethyl adjacent to an activating group) is 1. The monoisotopic (exact) mass is 246 g/mol. The normalized spacial score (nSPS) is 15.9. The molecular formula is C5H14N2O7S. The number of hydrogen-bond donors (Lipinski definition) is 3. The molecule has 5 N–H and O–H groups in total. The van der Waals surface area contributed by atoms with E-state index in [0.29, 0.717) is 0 Å². The fraction of sp³-hybridized carbons (Fsp3) is 0.800. The first-order chi connectivity index (χ1) is 6.44. The minimum absolute atomic E-state index is 0.922. The first-order valence-corrected chi connectivity index (χ1v) is 4.90. The van der Waals surface area contributed by atoms with Gasteiger partial charge in [-0.1, -0.05) is 0 Å². The van der Waals surface area contributed by atoms with Crippen LogP contribution in [0, 0.1) is 5.21 Å². The Balaban J connectivity index is 0. The van der Waals surface area contributed by atoms with Crippen LogP contribution in [0.2, 0.25) is 0 Å². The van der Waals surface area contributed by atoms with Crippen LogP contribution in [0.1, 0.15) is 0 Å². The van der Waals surface area contributed by atoms with Crippen LogP contribution in [0.3, 0.4) is 0 Å². The topological polar surface area (TPSA) is 165 Å². The van der Waals surface area contributed by atoms with Gasteiger partial charge in [-0.05, 0) is 0 Å². The Morgan fingerprint density at radius 3 is 1.60 bits per heavy atom. The predicted molar refractivity (Wildman–Crippen MR) is 45.8 cm³/mol. The van der Waals surface area contributed by atoms with E-state index < -0.39 is 25.6 Å². The maximum absolute atomic E-state index is 10.6. The number of nitrogens with zero attached hydrogens (tertiary/aromatic N) is 1. The molecule has 0 aromatic rings. The van der Waals surface area contributed by atoms with E-state index in [1.54, 1.807) is 0 Å². The van der Waals surface area contributed by atoms with E-state index in [4.69, 9.17) is 9.76 Å². The van der Waals surface area contributed by atoms with Gasteiger partial charge in [0, 0.05) is 0 Å². The Morgan fingerprint density at radius 2 is 1.60 bits per heavy atom. The Hall–Kier alpha value is -0.780. The molecule has 0 bridgehead atoms. The molecule has 1 atom stereocenters. The van der Waals surface area contributed by atoms with Gasteiger partial charge in [0.2, 0.25) is 0 Å². The Kier molecular flexibility index (Phi) is 5.36. The van der Waals surface area contributed by atoms with Crippen LogP contribution >= 0.6 is 0 Å².